The summed E-state index contributed by atoms with van der Waals surface area (Å²) in [7, 11) is 0. The molecule has 2 aliphatic heterocycles. The quantitative estimate of drug-likeness (QED) is 0.320. The standard InChI is InChI=1S/C22H28N8O4/c1-15-11-20(31)26-27-21(15)16-4-5-18(19(12-16)30(33)34)28-7-9-29(10-8-28)22(32)24-6-2-3-17-13-23-14-25-17/h4-5,12-15H,2-3,6-11H2,1H3,(H,23,25)(H,24,32)(H,26,31). The van der Waals surface area contributed by atoms with Crippen molar-refractivity contribution < 1.29 is 14.5 Å². The lowest BCUT2D eigenvalue weighted by atomic mass is 9.93. The van der Waals surface area contributed by atoms with Gasteiger partial charge in [-0.15, -0.1) is 0 Å². The van der Waals surface area contributed by atoms with Crippen LogP contribution in [0.2, 0.25) is 0 Å². The van der Waals surface area contributed by atoms with Crippen molar-refractivity contribution in [3.05, 3.63) is 52.1 Å². The highest BCUT2D eigenvalue weighted by Gasteiger charge is 2.28. The fraction of sp³-hybridized carbons (Fsp3) is 0.455. The van der Waals surface area contributed by atoms with Crippen molar-refractivity contribution in [2.75, 3.05) is 37.6 Å². The van der Waals surface area contributed by atoms with E-state index in [4.69, 9.17) is 0 Å². The molecule has 1 saturated heterocycles. The highest BCUT2D eigenvalue weighted by atomic mass is 16.6. The second-order valence-corrected chi connectivity index (χ2v) is 8.48. The van der Waals surface area contributed by atoms with Gasteiger partial charge in [-0.2, -0.15) is 5.10 Å². The van der Waals surface area contributed by atoms with E-state index in [2.05, 4.69) is 25.8 Å². The molecule has 12 heteroatoms. The predicted molar refractivity (Wildman–Crippen MR) is 126 cm³/mol. The van der Waals surface area contributed by atoms with Gasteiger partial charge in [0.15, 0.2) is 0 Å². The molecule has 1 fully saturated rings. The number of aryl methyl sites for hydroxylation is 1. The number of aromatic amines is 1. The van der Waals surface area contributed by atoms with E-state index in [0.717, 1.165) is 18.5 Å². The van der Waals surface area contributed by atoms with Gasteiger partial charge in [0.1, 0.15) is 5.69 Å². The molecular weight excluding hydrogens is 440 g/mol. The number of nitro groups is 1. The minimum Gasteiger partial charge on any atom is -0.362 e. The molecule has 34 heavy (non-hydrogen) atoms. The lowest BCUT2D eigenvalue weighted by molar-refractivity contribution is -0.384. The number of rotatable bonds is 7. The average molecular weight is 469 g/mol. The van der Waals surface area contributed by atoms with Gasteiger partial charge in [-0.05, 0) is 18.9 Å². The molecule has 3 amide bonds. The molecule has 2 aromatic rings. The summed E-state index contributed by atoms with van der Waals surface area (Å²) in [4.78, 5) is 46.1. The highest BCUT2D eigenvalue weighted by molar-refractivity contribution is 6.06. The molecule has 180 valence electrons. The lowest BCUT2D eigenvalue weighted by Gasteiger charge is -2.35. The number of anilines is 1. The maximum absolute atomic E-state index is 12.5. The maximum atomic E-state index is 12.5. The van der Waals surface area contributed by atoms with Crippen LogP contribution in [0.15, 0.2) is 35.8 Å². The summed E-state index contributed by atoms with van der Waals surface area (Å²) in [5.41, 5.74) is 5.23. The van der Waals surface area contributed by atoms with Crippen molar-refractivity contribution in [1.29, 1.82) is 0 Å². The molecule has 0 aliphatic carbocycles. The molecule has 0 spiro atoms. The number of hydrogen-bond donors (Lipinski definition) is 3. The Balaban J connectivity index is 1.34. The van der Waals surface area contributed by atoms with E-state index in [9.17, 15) is 19.7 Å². The van der Waals surface area contributed by atoms with Crippen LogP contribution in [0.25, 0.3) is 0 Å². The first-order valence-corrected chi connectivity index (χ1v) is 11.3. The SMILES string of the molecule is CC1CC(=O)NN=C1c1ccc(N2CCN(C(=O)NCCCc3cnc[nH]3)CC2)c([N+](=O)[O-])c1. The Bertz CT molecular complexity index is 1080. The number of H-pyrrole nitrogens is 1. The van der Waals surface area contributed by atoms with E-state index < -0.39 is 4.92 Å². The molecule has 0 bridgehead atoms. The van der Waals surface area contributed by atoms with Gasteiger partial charge in [0.05, 0.1) is 17.0 Å². The third-order valence-electron chi connectivity index (χ3n) is 6.09. The number of carbonyl (C=O) groups excluding carboxylic acids is 2. The Hall–Kier alpha value is -3.96. The first-order chi connectivity index (χ1) is 16.4. The molecule has 12 nitrogen and oxygen atoms in total. The Kier molecular flexibility index (Phi) is 7.04. The summed E-state index contributed by atoms with van der Waals surface area (Å²) >= 11 is 0. The van der Waals surface area contributed by atoms with Crippen LogP contribution in [0.3, 0.4) is 0 Å². The minimum atomic E-state index is -0.399. The lowest BCUT2D eigenvalue weighted by Crippen LogP contribution is -2.52. The Morgan fingerprint density at radius 3 is 2.76 bits per heavy atom. The molecule has 1 unspecified atom stereocenters. The summed E-state index contributed by atoms with van der Waals surface area (Å²) in [6, 6.07) is 4.92. The molecular formula is C22H28N8O4. The first kappa shape index (κ1) is 23.2. The van der Waals surface area contributed by atoms with Crippen LogP contribution in [0.1, 0.15) is 31.0 Å². The zero-order chi connectivity index (χ0) is 24.1. The number of hydrogen-bond acceptors (Lipinski definition) is 7. The molecule has 1 atom stereocenters. The smallest absolute Gasteiger partial charge is 0.317 e. The molecule has 4 rings (SSSR count). The first-order valence-electron chi connectivity index (χ1n) is 11.3. The van der Waals surface area contributed by atoms with Crippen molar-refractivity contribution in [3.63, 3.8) is 0 Å². The maximum Gasteiger partial charge on any atom is 0.317 e. The molecule has 1 aromatic carbocycles. The van der Waals surface area contributed by atoms with Gasteiger partial charge in [0.25, 0.3) is 5.69 Å². The monoisotopic (exact) mass is 468 g/mol. The fourth-order valence-electron chi connectivity index (χ4n) is 4.26. The van der Waals surface area contributed by atoms with E-state index in [1.807, 2.05) is 11.8 Å². The zero-order valence-electron chi connectivity index (χ0n) is 19.0. The van der Waals surface area contributed by atoms with Crippen molar-refractivity contribution in [2.24, 2.45) is 11.0 Å². The number of benzene rings is 1. The van der Waals surface area contributed by atoms with E-state index >= 15 is 0 Å². The van der Waals surface area contributed by atoms with Crippen LogP contribution >= 0.6 is 0 Å². The van der Waals surface area contributed by atoms with Gasteiger partial charge in [-0.3, -0.25) is 14.9 Å². The number of imidazole rings is 1. The average Bonchev–Trinajstić information content (AvgIpc) is 3.35. The molecule has 3 N–H and O–H groups in total. The number of hydrazone groups is 1. The molecule has 3 heterocycles. The Morgan fingerprint density at radius 2 is 2.09 bits per heavy atom. The Morgan fingerprint density at radius 1 is 1.29 bits per heavy atom. The van der Waals surface area contributed by atoms with Gasteiger partial charge in [-0.25, -0.2) is 15.2 Å². The van der Waals surface area contributed by atoms with E-state index in [1.165, 1.54) is 6.07 Å². The largest absolute Gasteiger partial charge is 0.362 e. The number of nitrogens with zero attached hydrogens (tertiary/aromatic N) is 5. The normalized spacial score (nSPS) is 18.3. The highest BCUT2D eigenvalue weighted by Crippen LogP contribution is 2.31. The van der Waals surface area contributed by atoms with Crippen molar-refractivity contribution in [2.45, 2.75) is 26.2 Å². The van der Waals surface area contributed by atoms with Gasteiger partial charge in [0.2, 0.25) is 5.91 Å². The number of piperazine rings is 1. The van der Waals surface area contributed by atoms with Crippen LogP contribution < -0.4 is 15.6 Å². The van der Waals surface area contributed by atoms with E-state index in [0.29, 0.717) is 56.1 Å². The number of nitrogens with one attached hydrogen (secondary N) is 3. The van der Waals surface area contributed by atoms with Crippen molar-refractivity contribution in [1.82, 2.24) is 25.6 Å². The fourth-order valence-corrected chi connectivity index (χ4v) is 4.26. The van der Waals surface area contributed by atoms with Gasteiger partial charge in [-0.1, -0.05) is 13.0 Å². The molecule has 2 aliphatic rings. The summed E-state index contributed by atoms with van der Waals surface area (Å²) < 4.78 is 0. The molecule has 1 aromatic heterocycles. The van der Waals surface area contributed by atoms with Crippen LogP contribution in [-0.4, -0.2) is 70.2 Å². The summed E-state index contributed by atoms with van der Waals surface area (Å²) in [5, 5.41) is 18.9. The second-order valence-electron chi connectivity index (χ2n) is 8.48. The summed E-state index contributed by atoms with van der Waals surface area (Å²) in [5.74, 6) is -0.289. The van der Waals surface area contributed by atoms with Gasteiger partial charge < -0.3 is 20.1 Å². The van der Waals surface area contributed by atoms with Crippen LogP contribution in [0, 0.1) is 16.0 Å². The number of nitro benzene ring substituents is 1. The Labute approximate surface area is 196 Å². The molecule has 0 radical (unpaired) electrons. The number of amides is 3. The van der Waals surface area contributed by atoms with E-state index in [-0.39, 0.29) is 23.5 Å². The minimum absolute atomic E-state index is 0.0130. The third-order valence-corrected chi connectivity index (χ3v) is 6.09. The van der Waals surface area contributed by atoms with Gasteiger partial charge in [0, 0.05) is 68.6 Å². The zero-order valence-corrected chi connectivity index (χ0v) is 19.0. The predicted octanol–water partition coefficient (Wildman–Crippen LogP) is 1.64. The summed E-state index contributed by atoms with van der Waals surface area (Å²) in [6.45, 7) is 4.37. The number of carbonyl (C=O) groups is 2. The molecule has 0 saturated carbocycles. The van der Waals surface area contributed by atoms with Crippen LogP contribution in [0.5, 0.6) is 0 Å². The van der Waals surface area contributed by atoms with Crippen molar-refractivity contribution >= 4 is 29.0 Å². The third kappa shape index (κ3) is 5.33. The topological polar surface area (TPSA) is 149 Å². The van der Waals surface area contributed by atoms with Gasteiger partial charge >= 0.3 is 6.03 Å². The van der Waals surface area contributed by atoms with Crippen LogP contribution in [-0.2, 0) is 11.2 Å². The number of urea groups is 1. The van der Waals surface area contributed by atoms with E-state index in [1.54, 1.807) is 29.6 Å². The number of aromatic nitrogens is 2. The van der Waals surface area contributed by atoms with Crippen molar-refractivity contribution in [3.8, 4) is 0 Å². The van der Waals surface area contributed by atoms with Crippen LogP contribution in [0.4, 0.5) is 16.2 Å². The second kappa shape index (κ2) is 10.3. The summed E-state index contributed by atoms with van der Waals surface area (Å²) in [6.07, 6.45) is 5.32.